The summed E-state index contributed by atoms with van der Waals surface area (Å²) in [6, 6.07) is 3.62. The maximum atomic E-state index is 11.8. The van der Waals surface area contributed by atoms with E-state index in [1.165, 1.54) is 0 Å². The smallest absolute Gasteiger partial charge is 0.307 e. The van der Waals surface area contributed by atoms with E-state index in [1.807, 2.05) is 19.9 Å². The molecule has 0 aliphatic heterocycles. The molecule has 0 spiro atoms. The van der Waals surface area contributed by atoms with Crippen molar-refractivity contribution in [3.63, 3.8) is 0 Å². The molecule has 25 heavy (non-hydrogen) atoms. The molecule has 8 N–H and O–H groups in total. The Labute approximate surface area is 147 Å². The number of carboxylic acid groups (broad SMARTS) is 1. The van der Waals surface area contributed by atoms with E-state index < -0.39 is 17.8 Å². The van der Waals surface area contributed by atoms with E-state index in [1.54, 1.807) is 12.3 Å². The van der Waals surface area contributed by atoms with E-state index in [0.29, 0.717) is 25.2 Å². The number of nitrogens with two attached hydrogens (primary N) is 2. The van der Waals surface area contributed by atoms with Gasteiger partial charge in [0.25, 0.3) is 0 Å². The van der Waals surface area contributed by atoms with Gasteiger partial charge in [0, 0.05) is 18.7 Å². The lowest BCUT2D eigenvalue weighted by Gasteiger charge is -2.26. The average molecular weight is 352 g/mol. The van der Waals surface area contributed by atoms with Crippen LogP contribution in [0.1, 0.15) is 25.8 Å². The van der Waals surface area contributed by atoms with Crippen LogP contribution in [0.5, 0.6) is 0 Å². The number of rotatable bonds is 10. The van der Waals surface area contributed by atoms with Gasteiger partial charge in [-0.15, -0.1) is 0 Å². The van der Waals surface area contributed by atoms with Crippen molar-refractivity contribution in [3.8, 4) is 0 Å². The lowest BCUT2D eigenvalue weighted by atomic mass is 9.81. The number of aliphatic hydroxyl groups is 1. The monoisotopic (exact) mass is 352 g/mol. The van der Waals surface area contributed by atoms with E-state index in [9.17, 15) is 9.90 Å². The second kappa shape index (κ2) is 10.5. The third-order valence-corrected chi connectivity index (χ3v) is 3.86. The molecular formula is C16H28N6O3. The Morgan fingerprint density at radius 3 is 2.52 bits per heavy atom. The summed E-state index contributed by atoms with van der Waals surface area (Å²) in [5, 5.41) is 25.0. The zero-order chi connectivity index (χ0) is 18.8. The molecule has 9 heteroatoms. The fourth-order valence-corrected chi connectivity index (χ4v) is 2.70. The zero-order valence-corrected chi connectivity index (χ0v) is 14.6. The summed E-state index contributed by atoms with van der Waals surface area (Å²) in [5.41, 5.74) is 3.26. The van der Waals surface area contributed by atoms with Crippen LogP contribution < -0.4 is 22.4 Å². The number of hydrazone groups is 1. The number of carboxylic acids is 1. The van der Waals surface area contributed by atoms with Gasteiger partial charge in [-0.25, -0.2) is 10.8 Å². The summed E-state index contributed by atoms with van der Waals surface area (Å²) in [6.07, 6.45) is 2.52. The number of hydrazine groups is 1. The number of aliphatic carboxylic acids is 1. The molecule has 0 aromatic carbocycles. The number of aromatic nitrogens is 1. The van der Waals surface area contributed by atoms with Crippen LogP contribution in [-0.2, 0) is 11.2 Å². The number of aliphatic hydroxyl groups excluding tert-OH is 1. The molecule has 1 aromatic heterocycles. The van der Waals surface area contributed by atoms with Gasteiger partial charge in [-0.2, -0.15) is 5.10 Å². The third-order valence-electron chi connectivity index (χ3n) is 3.86. The number of hydrogen-bond acceptors (Lipinski definition) is 7. The lowest BCUT2D eigenvalue weighted by Crippen LogP contribution is -2.43. The van der Waals surface area contributed by atoms with Crippen molar-refractivity contribution in [1.29, 1.82) is 0 Å². The minimum atomic E-state index is -0.913. The molecule has 0 aliphatic carbocycles. The maximum Gasteiger partial charge on any atom is 0.307 e. The molecule has 9 nitrogen and oxygen atoms in total. The second-order valence-corrected chi connectivity index (χ2v) is 6.25. The summed E-state index contributed by atoms with van der Waals surface area (Å²) >= 11 is 0. The first-order valence-corrected chi connectivity index (χ1v) is 8.19. The van der Waals surface area contributed by atoms with Crippen molar-refractivity contribution in [2.45, 2.75) is 26.7 Å². The summed E-state index contributed by atoms with van der Waals surface area (Å²) in [7, 11) is 0. The van der Waals surface area contributed by atoms with Gasteiger partial charge in [0.1, 0.15) is 11.7 Å². The molecule has 1 heterocycles. The van der Waals surface area contributed by atoms with Crippen molar-refractivity contribution in [2.24, 2.45) is 34.5 Å². The van der Waals surface area contributed by atoms with Gasteiger partial charge in [0.2, 0.25) is 0 Å². The second-order valence-electron chi connectivity index (χ2n) is 6.25. The highest BCUT2D eigenvalue weighted by molar-refractivity contribution is 5.88. The quantitative estimate of drug-likeness (QED) is 0.150. The average Bonchev–Trinajstić information content (AvgIpc) is 2.59. The highest BCUT2D eigenvalue weighted by Gasteiger charge is 2.33. The van der Waals surface area contributed by atoms with Gasteiger partial charge in [-0.3, -0.25) is 4.79 Å². The fourth-order valence-electron chi connectivity index (χ4n) is 2.70. The molecule has 0 saturated heterocycles. The van der Waals surface area contributed by atoms with Crippen molar-refractivity contribution < 1.29 is 15.0 Å². The summed E-state index contributed by atoms with van der Waals surface area (Å²) in [6.45, 7) is 4.35. The van der Waals surface area contributed by atoms with Gasteiger partial charge in [0.05, 0.1) is 12.5 Å². The van der Waals surface area contributed by atoms with E-state index in [0.717, 1.165) is 5.56 Å². The first-order valence-electron chi connectivity index (χ1n) is 8.19. The minimum Gasteiger partial charge on any atom is -0.481 e. The van der Waals surface area contributed by atoms with Crippen LogP contribution in [0, 0.1) is 17.8 Å². The van der Waals surface area contributed by atoms with Crippen molar-refractivity contribution in [3.05, 3.63) is 23.9 Å². The van der Waals surface area contributed by atoms with Gasteiger partial charge in [-0.05, 0) is 30.4 Å². The molecule has 1 unspecified atom stereocenters. The number of nitrogens with zero attached hydrogens (tertiary/aromatic N) is 2. The van der Waals surface area contributed by atoms with E-state index in [-0.39, 0.29) is 18.4 Å². The van der Waals surface area contributed by atoms with Crippen molar-refractivity contribution in [1.82, 2.24) is 10.4 Å². The van der Waals surface area contributed by atoms with Crippen molar-refractivity contribution in [2.75, 3.05) is 18.5 Å². The summed E-state index contributed by atoms with van der Waals surface area (Å²) in [4.78, 5) is 16.0. The Morgan fingerprint density at radius 2 is 2.08 bits per heavy atom. The molecule has 1 rings (SSSR count). The lowest BCUT2D eigenvalue weighted by molar-refractivity contribution is -0.143. The van der Waals surface area contributed by atoms with Crippen LogP contribution >= 0.6 is 0 Å². The number of anilines is 1. The van der Waals surface area contributed by atoms with E-state index >= 15 is 0 Å². The highest BCUT2D eigenvalue weighted by Crippen LogP contribution is 2.25. The SMILES string of the molecule is CC(C)C[C@H](C(=O)O)C(Cc1ccc(NCCO)nc1)/C(=N/N)NN. The van der Waals surface area contributed by atoms with Crippen molar-refractivity contribution >= 4 is 17.6 Å². The van der Waals surface area contributed by atoms with Gasteiger partial charge >= 0.3 is 5.97 Å². The molecule has 0 bridgehead atoms. The van der Waals surface area contributed by atoms with Gasteiger partial charge in [0.15, 0.2) is 0 Å². The Bertz CT molecular complexity index is 561. The Morgan fingerprint density at radius 1 is 1.36 bits per heavy atom. The maximum absolute atomic E-state index is 11.8. The number of amidine groups is 1. The molecule has 0 radical (unpaired) electrons. The Kier molecular flexibility index (Phi) is 8.65. The molecular weight excluding hydrogens is 324 g/mol. The number of pyridine rings is 1. The van der Waals surface area contributed by atoms with Crippen LogP contribution in [0.15, 0.2) is 23.4 Å². The topological polar surface area (TPSA) is 159 Å². The van der Waals surface area contributed by atoms with Gasteiger partial charge < -0.3 is 26.8 Å². The zero-order valence-electron chi connectivity index (χ0n) is 14.6. The van der Waals surface area contributed by atoms with Gasteiger partial charge in [-0.1, -0.05) is 19.9 Å². The molecule has 2 atom stereocenters. The molecule has 0 amide bonds. The molecule has 0 fully saturated rings. The van der Waals surface area contributed by atoms with Crippen LogP contribution in [0.25, 0.3) is 0 Å². The third kappa shape index (κ3) is 6.55. The number of hydrogen-bond donors (Lipinski definition) is 6. The molecule has 1 aromatic rings. The Hall–Kier alpha value is -2.39. The molecule has 140 valence electrons. The molecule has 0 saturated carbocycles. The predicted molar refractivity (Wildman–Crippen MR) is 96.5 cm³/mol. The van der Waals surface area contributed by atoms with E-state index in [2.05, 4.69) is 20.8 Å². The normalized spacial score (nSPS) is 14.2. The number of nitrogens with one attached hydrogen (secondary N) is 2. The first-order chi connectivity index (χ1) is 11.9. The largest absolute Gasteiger partial charge is 0.481 e. The fraction of sp³-hybridized carbons (Fsp3) is 0.562. The summed E-state index contributed by atoms with van der Waals surface area (Å²) in [5.74, 6) is 9.87. The number of carbonyl (C=O) groups is 1. The van der Waals surface area contributed by atoms with Crippen LogP contribution in [0.4, 0.5) is 5.82 Å². The standard InChI is InChI=1S/C16H28N6O3/c1-10(2)7-13(16(24)25)12(15(21-17)22-18)8-11-3-4-14(20-9-11)19-5-6-23/h3-4,9-10,12-13,23H,5-8,17-18H2,1-2H3,(H,19,20)(H,21,22)(H,24,25)/t12?,13-/m0/s1. The first kappa shape index (κ1) is 20.7. The van der Waals surface area contributed by atoms with Crippen LogP contribution in [-0.4, -0.2) is 40.2 Å². The minimum absolute atomic E-state index is 0.0134. The Balaban J connectivity index is 3.02. The van der Waals surface area contributed by atoms with Crippen LogP contribution in [0.2, 0.25) is 0 Å². The van der Waals surface area contributed by atoms with E-state index in [4.69, 9.17) is 16.8 Å². The highest BCUT2D eigenvalue weighted by atomic mass is 16.4. The van der Waals surface area contributed by atoms with Crippen LogP contribution in [0.3, 0.4) is 0 Å². The predicted octanol–water partition coefficient (Wildman–Crippen LogP) is 0.127. The molecule has 0 aliphatic rings. The summed E-state index contributed by atoms with van der Waals surface area (Å²) < 4.78 is 0.